The Morgan fingerprint density at radius 2 is 1.91 bits per heavy atom. The molecular formula is C23H16ClF2N5O3. The van der Waals surface area contributed by atoms with Crippen LogP contribution in [0.1, 0.15) is 51.6 Å². The molecule has 1 amide bonds. The molecule has 4 aromatic rings. The molecule has 0 radical (unpaired) electrons. The largest absolute Gasteiger partial charge is 0.415 e. The van der Waals surface area contributed by atoms with Gasteiger partial charge in [0, 0.05) is 28.9 Å². The van der Waals surface area contributed by atoms with E-state index in [2.05, 4.69) is 20.4 Å². The molecule has 5 rings (SSSR count). The van der Waals surface area contributed by atoms with Crippen LogP contribution in [-0.4, -0.2) is 36.3 Å². The van der Waals surface area contributed by atoms with E-state index in [4.69, 9.17) is 16.0 Å². The van der Waals surface area contributed by atoms with Crippen LogP contribution in [0.5, 0.6) is 0 Å². The highest BCUT2D eigenvalue weighted by Crippen LogP contribution is 2.39. The Morgan fingerprint density at radius 1 is 1.06 bits per heavy atom. The lowest BCUT2D eigenvalue weighted by Gasteiger charge is -2.31. The molecule has 34 heavy (non-hydrogen) atoms. The summed E-state index contributed by atoms with van der Waals surface area (Å²) in [6.07, 6.45) is -2.54. The molecule has 0 aliphatic carbocycles. The number of alkyl halides is 2. The number of aromatic nitrogens is 4. The predicted molar refractivity (Wildman–Crippen MR) is 116 cm³/mol. The maximum Gasteiger partial charge on any atom is 0.314 e. The molecule has 2 aromatic heterocycles. The molecule has 2 unspecified atom stereocenters. The number of amides is 1. The van der Waals surface area contributed by atoms with Crippen LogP contribution in [0.25, 0.3) is 11.5 Å². The normalized spacial score (nSPS) is 15.0. The summed E-state index contributed by atoms with van der Waals surface area (Å²) in [6, 6.07) is 14.0. The number of fused-ring (bicyclic) bond motifs is 1. The highest BCUT2D eigenvalue weighted by atomic mass is 35.5. The van der Waals surface area contributed by atoms with Gasteiger partial charge >= 0.3 is 6.43 Å². The second kappa shape index (κ2) is 8.88. The van der Waals surface area contributed by atoms with Gasteiger partial charge in [-0.2, -0.15) is 19.0 Å². The molecule has 0 spiro atoms. The molecule has 11 heteroatoms. The summed E-state index contributed by atoms with van der Waals surface area (Å²) in [5, 5.41) is 26.7. The Bertz CT molecular complexity index is 1350. The Labute approximate surface area is 196 Å². The summed E-state index contributed by atoms with van der Waals surface area (Å²) in [5.41, 5.74) is 2.27. The van der Waals surface area contributed by atoms with E-state index in [1.54, 1.807) is 48.5 Å². The first-order chi connectivity index (χ1) is 16.4. The fourth-order valence-corrected chi connectivity index (χ4v) is 4.16. The summed E-state index contributed by atoms with van der Waals surface area (Å²) in [5.74, 6) is -1.29. The second-order valence-electron chi connectivity index (χ2n) is 7.64. The molecule has 1 aliphatic heterocycles. The zero-order valence-corrected chi connectivity index (χ0v) is 18.1. The second-order valence-corrected chi connectivity index (χ2v) is 8.08. The fourth-order valence-electron chi connectivity index (χ4n) is 3.96. The van der Waals surface area contributed by atoms with Gasteiger partial charge in [0.2, 0.25) is 5.89 Å². The number of aliphatic hydroxyl groups is 1. The van der Waals surface area contributed by atoms with Crippen molar-refractivity contribution in [3.05, 3.63) is 94.1 Å². The molecular weight excluding hydrogens is 468 g/mol. The maximum atomic E-state index is 13.5. The summed E-state index contributed by atoms with van der Waals surface area (Å²) in [4.78, 5) is 15.0. The number of rotatable bonds is 6. The molecule has 0 saturated carbocycles. The number of hydrogen-bond donors (Lipinski definition) is 1. The van der Waals surface area contributed by atoms with Gasteiger partial charge in [0.05, 0.1) is 5.69 Å². The average molecular weight is 484 g/mol. The molecule has 8 nitrogen and oxygen atoms in total. The average Bonchev–Trinajstić information content (AvgIpc) is 3.46. The first kappa shape index (κ1) is 22.1. The van der Waals surface area contributed by atoms with E-state index in [0.29, 0.717) is 33.0 Å². The van der Waals surface area contributed by atoms with Crippen LogP contribution in [0.3, 0.4) is 0 Å². The third-order valence-electron chi connectivity index (χ3n) is 5.54. The van der Waals surface area contributed by atoms with Crippen molar-refractivity contribution in [3.8, 4) is 11.5 Å². The summed E-state index contributed by atoms with van der Waals surface area (Å²) in [6.45, 7) is 0.194. The van der Waals surface area contributed by atoms with Gasteiger partial charge in [0.25, 0.3) is 11.8 Å². The lowest BCUT2D eigenvalue weighted by molar-refractivity contribution is 0.0344. The van der Waals surface area contributed by atoms with Crippen LogP contribution in [-0.2, 0) is 6.54 Å². The number of hydrogen-bond acceptors (Lipinski definition) is 7. The monoisotopic (exact) mass is 483 g/mol. The molecule has 3 heterocycles. The molecule has 0 bridgehead atoms. The molecule has 2 atom stereocenters. The summed E-state index contributed by atoms with van der Waals surface area (Å²) in [7, 11) is 0. The number of nitrogens with zero attached hydrogens (tertiary/aromatic N) is 5. The van der Waals surface area contributed by atoms with Crippen LogP contribution in [0.2, 0.25) is 5.02 Å². The minimum atomic E-state index is -2.89. The van der Waals surface area contributed by atoms with E-state index in [-0.39, 0.29) is 18.3 Å². The third kappa shape index (κ3) is 4.02. The Hall–Kier alpha value is -3.76. The Balaban J connectivity index is 1.51. The third-order valence-corrected chi connectivity index (χ3v) is 5.77. The standard InChI is InChI=1S/C23H16ClF2N5O3/c24-15-4-1-3-12(9-15)19(32)18(17-5-2-8-27-28-17)31-11-14-7-6-13(10-16(14)23(31)33)21-29-30-22(34-21)20(25)26/h1-10,18-20,32H,11H2. The van der Waals surface area contributed by atoms with Gasteiger partial charge in [-0.1, -0.05) is 29.8 Å². The summed E-state index contributed by atoms with van der Waals surface area (Å²) < 4.78 is 30.6. The van der Waals surface area contributed by atoms with Gasteiger partial charge < -0.3 is 14.4 Å². The highest BCUT2D eigenvalue weighted by molar-refractivity contribution is 6.30. The molecule has 2 aromatic carbocycles. The van der Waals surface area contributed by atoms with E-state index >= 15 is 0 Å². The van der Waals surface area contributed by atoms with E-state index < -0.39 is 24.5 Å². The van der Waals surface area contributed by atoms with Crippen molar-refractivity contribution in [2.75, 3.05) is 0 Å². The Kier molecular flexibility index (Phi) is 5.76. The van der Waals surface area contributed by atoms with Crippen LogP contribution >= 0.6 is 11.6 Å². The predicted octanol–water partition coefficient (Wildman–Crippen LogP) is 4.55. The smallest absolute Gasteiger partial charge is 0.314 e. The van der Waals surface area contributed by atoms with E-state index in [9.17, 15) is 18.7 Å². The SMILES string of the molecule is O=C1c2cc(-c3nnc(C(F)F)o3)ccc2CN1C(c1cccnn1)C(O)c1cccc(Cl)c1. The number of carbonyl (C=O) groups excluding carboxylic acids is 1. The zero-order valence-electron chi connectivity index (χ0n) is 17.3. The number of halogens is 3. The molecule has 172 valence electrons. The first-order valence-corrected chi connectivity index (χ1v) is 10.6. The van der Waals surface area contributed by atoms with Crippen molar-refractivity contribution >= 4 is 17.5 Å². The van der Waals surface area contributed by atoms with E-state index in [0.717, 1.165) is 0 Å². The highest BCUT2D eigenvalue weighted by Gasteiger charge is 2.39. The van der Waals surface area contributed by atoms with Crippen molar-refractivity contribution in [1.29, 1.82) is 0 Å². The minimum absolute atomic E-state index is 0.117. The Morgan fingerprint density at radius 3 is 2.62 bits per heavy atom. The first-order valence-electron chi connectivity index (χ1n) is 10.2. The molecule has 1 N–H and O–H groups in total. The van der Waals surface area contributed by atoms with Crippen LogP contribution < -0.4 is 0 Å². The number of benzene rings is 2. The van der Waals surface area contributed by atoms with Gasteiger partial charge in [-0.05, 0) is 47.5 Å². The number of carbonyl (C=O) groups is 1. The van der Waals surface area contributed by atoms with Gasteiger partial charge in [-0.3, -0.25) is 4.79 Å². The maximum absolute atomic E-state index is 13.5. The van der Waals surface area contributed by atoms with Crippen molar-refractivity contribution < 1.29 is 23.1 Å². The minimum Gasteiger partial charge on any atom is -0.415 e. The van der Waals surface area contributed by atoms with Crippen molar-refractivity contribution in [2.45, 2.75) is 25.1 Å². The molecule has 1 aliphatic rings. The van der Waals surface area contributed by atoms with Crippen LogP contribution in [0.4, 0.5) is 8.78 Å². The van der Waals surface area contributed by atoms with Gasteiger partial charge in [0.15, 0.2) is 0 Å². The molecule has 0 fully saturated rings. The topological polar surface area (TPSA) is 105 Å². The lowest BCUT2D eigenvalue weighted by atomic mass is 9.98. The van der Waals surface area contributed by atoms with E-state index in [1.807, 2.05) is 0 Å². The van der Waals surface area contributed by atoms with Gasteiger partial charge in [-0.25, -0.2) is 0 Å². The lowest BCUT2D eigenvalue weighted by Crippen LogP contribution is -2.34. The summed E-state index contributed by atoms with van der Waals surface area (Å²) >= 11 is 6.11. The van der Waals surface area contributed by atoms with Crippen molar-refractivity contribution in [1.82, 2.24) is 25.3 Å². The van der Waals surface area contributed by atoms with E-state index in [1.165, 1.54) is 17.2 Å². The number of aliphatic hydroxyl groups excluding tert-OH is 1. The van der Waals surface area contributed by atoms with Gasteiger partial charge in [-0.15, -0.1) is 10.2 Å². The fraction of sp³-hybridized carbons (Fsp3) is 0.174. The molecule has 0 saturated heterocycles. The van der Waals surface area contributed by atoms with Crippen LogP contribution in [0, 0.1) is 0 Å². The van der Waals surface area contributed by atoms with Crippen molar-refractivity contribution in [3.63, 3.8) is 0 Å². The van der Waals surface area contributed by atoms with Gasteiger partial charge in [0.1, 0.15) is 12.1 Å². The van der Waals surface area contributed by atoms with Crippen molar-refractivity contribution in [2.24, 2.45) is 0 Å². The quantitative estimate of drug-likeness (QED) is 0.429. The zero-order chi connectivity index (χ0) is 23.8. The van der Waals surface area contributed by atoms with Crippen LogP contribution in [0.15, 0.2) is 65.2 Å².